The summed E-state index contributed by atoms with van der Waals surface area (Å²) < 4.78 is 28.1. The molecule has 0 aliphatic carbocycles. The number of hydrogen-bond donors (Lipinski definition) is 1. The number of rotatable bonds is 9. The summed E-state index contributed by atoms with van der Waals surface area (Å²) in [7, 11) is 0. The summed E-state index contributed by atoms with van der Waals surface area (Å²) in [4.78, 5) is 50.1. The Morgan fingerprint density at radius 1 is 0.814 bits per heavy atom. The van der Waals surface area contributed by atoms with Crippen LogP contribution in [0, 0.1) is 0 Å². The Morgan fingerprint density at radius 3 is 2.07 bits per heavy atom. The van der Waals surface area contributed by atoms with Crippen LogP contribution in [-0.4, -0.2) is 60.0 Å². The number of phenols is 1. The van der Waals surface area contributed by atoms with E-state index in [9.17, 15) is 24.3 Å². The molecule has 1 N–H and O–H groups in total. The van der Waals surface area contributed by atoms with Crippen LogP contribution >= 0.6 is 22.9 Å². The molecular weight excluding hydrogens is 600 g/mol. The van der Waals surface area contributed by atoms with Crippen molar-refractivity contribution in [3.05, 3.63) is 75.6 Å². The minimum absolute atomic E-state index is 0.186. The third-order valence-corrected chi connectivity index (χ3v) is 8.07. The first-order chi connectivity index (χ1) is 20.4. The molecule has 1 aliphatic heterocycles. The molecule has 5 atom stereocenters. The smallest absolute Gasteiger partial charge is 0.303 e. The Morgan fingerprint density at radius 2 is 1.44 bits per heavy atom. The van der Waals surface area contributed by atoms with E-state index >= 15 is 0 Å². The van der Waals surface area contributed by atoms with E-state index in [4.69, 9.17) is 35.3 Å². The molecule has 228 valence electrons. The van der Waals surface area contributed by atoms with Crippen LogP contribution < -0.4 is 0 Å². The molecular formula is C31H31ClO10S. The SMILES string of the molecule is CC(=O)OC[C@H]1O[C@@H](c2ccc(Cl)c(Cc3ccc(-c4ccc(O)cc4)s3)c2)[C@H](OC(C)=O)[C@@H](OC(C)=O)[C@@H]1OC(C)=O. The van der Waals surface area contributed by atoms with Gasteiger partial charge in [0.05, 0.1) is 0 Å². The Balaban J connectivity index is 1.70. The summed E-state index contributed by atoms with van der Waals surface area (Å²) in [5.74, 6) is -2.49. The summed E-state index contributed by atoms with van der Waals surface area (Å²) in [6, 6.07) is 16.1. The van der Waals surface area contributed by atoms with Crippen molar-refractivity contribution in [2.24, 2.45) is 0 Å². The van der Waals surface area contributed by atoms with E-state index in [1.54, 1.807) is 35.6 Å². The first-order valence-corrected chi connectivity index (χ1v) is 14.6. The molecule has 1 saturated heterocycles. The van der Waals surface area contributed by atoms with Crippen LogP contribution in [0.4, 0.5) is 0 Å². The number of carbonyl (C=O) groups excluding carboxylic acids is 4. The van der Waals surface area contributed by atoms with Gasteiger partial charge in [-0.15, -0.1) is 11.3 Å². The lowest BCUT2D eigenvalue weighted by Gasteiger charge is -2.44. The van der Waals surface area contributed by atoms with Crippen molar-refractivity contribution in [2.45, 2.75) is 64.6 Å². The monoisotopic (exact) mass is 630 g/mol. The Kier molecular flexibility index (Phi) is 10.4. The Bertz CT molecular complexity index is 1480. The van der Waals surface area contributed by atoms with E-state index in [2.05, 4.69) is 0 Å². The van der Waals surface area contributed by atoms with Crippen molar-refractivity contribution < 1.29 is 48.0 Å². The van der Waals surface area contributed by atoms with Crippen LogP contribution in [-0.2, 0) is 49.3 Å². The number of phenolic OH excluding ortho intramolecular Hbond substituents is 1. The summed E-state index contributed by atoms with van der Waals surface area (Å²) in [6.45, 7) is 4.45. The molecule has 3 aromatic rings. The molecule has 2 heterocycles. The van der Waals surface area contributed by atoms with Crippen molar-refractivity contribution in [3.63, 3.8) is 0 Å². The van der Waals surface area contributed by atoms with Gasteiger partial charge in [0, 0.05) is 48.9 Å². The fourth-order valence-electron chi connectivity index (χ4n) is 4.85. The van der Waals surface area contributed by atoms with E-state index in [1.807, 2.05) is 30.3 Å². The third-order valence-electron chi connectivity index (χ3n) is 6.57. The van der Waals surface area contributed by atoms with E-state index in [-0.39, 0.29) is 12.4 Å². The van der Waals surface area contributed by atoms with Gasteiger partial charge < -0.3 is 28.8 Å². The Labute approximate surface area is 257 Å². The number of carbonyl (C=O) groups is 4. The van der Waals surface area contributed by atoms with E-state index < -0.39 is 54.4 Å². The van der Waals surface area contributed by atoms with Crippen molar-refractivity contribution in [1.29, 1.82) is 0 Å². The van der Waals surface area contributed by atoms with Crippen LogP contribution in [0.1, 0.15) is 49.8 Å². The second-order valence-corrected chi connectivity index (χ2v) is 11.5. The molecule has 0 radical (unpaired) electrons. The van der Waals surface area contributed by atoms with Gasteiger partial charge in [0.1, 0.15) is 24.6 Å². The lowest BCUT2D eigenvalue weighted by Crippen LogP contribution is -2.59. The van der Waals surface area contributed by atoms with Gasteiger partial charge >= 0.3 is 23.9 Å². The average Bonchev–Trinajstić information content (AvgIpc) is 3.39. The third kappa shape index (κ3) is 8.34. The number of aromatic hydroxyl groups is 1. The van der Waals surface area contributed by atoms with Gasteiger partial charge in [-0.1, -0.05) is 23.7 Å². The predicted molar refractivity (Wildman–Crippen MR) is 157 cm³/mol. The Hall–Kier alpha value is -3.93. The maximum Gasteiger partial charge on any atom is 0.303 e. The minimum Gasteiger partial charge on any atom is -0.508 e. The second-order valence-electron chi connectivity index (χ2n) is 9.96. The van der Waals surface area contributed by atoms with Gasteiger partial charge in [0.25, 0.3) is 0 Å². The molecule has 0 unspecified atom stereocenters. The zero-order valence-electron chi connectivity index (χ0n) is 23.9. The van der Waals surface area contributed by atoms with Crippen molar-refractivity contribution in [1.82, 2.24) is 0 Å². The number of benzene rings is 2. The highest BCUT2D eigenvalue weighted by atomic mass is 35.5. The minimum atomic E-state index is -1.27. The predicted octanol–water partition coefficient (Wildman–Crippen LogP) is 5.16. The summed E-state index contributed by atoms with van der Waals surface area (Å²) in [5, 5.41) is 10.1. The lowest BCUT2D eigenvalue weighted by molar-refractivity contribution is -0.254. The van der Waals surface area contributed by atoms with Gasteiger partial charge in [-0.3, -0.25) is 19.2 Å². The topological polar surface area (TPSA) is 135 Å². The summed E-state index contributed by atoms with van der Waals surface area (Å²) in [5.41, 5.74) is 2.27. The number of esters is 4. The van der Waals surface area contributed by atoms with E-state index in [0.29, 0.717) is 17.0 Å². The van der Waals surface area contributed by atoms with Gasteiger partial charge in [0.15, 0.2) is 18.3 Å². The molecule has 0 spiro atoms. The van der Waals surface area contributed by atoms with Crippen LogP contribution in [0.5, 0.6) is 5.75 Å². The average molecular weight is 631 g/mol. The molecule has 2 aromatic carbocycles. The van der Waals surface area contributed by atoms with Crippen LogP contribution in [0.2, 0.25) is 5.02 Å². The van der Waals surface area contributed by atoms with Crippen LogP contribution in [0.25, 0.3) is 10.4 Å². The largest absolute Gasteiger partial charge is 0.508 e. The molecule has 0 amide bonds. The summed E-state index contributed by atoms with van der Waals surface area (Å²) in [6.07, 6.45) is -5.31. The zero-order chi connectivity index (χ0) is 31.3. The first-order valence-electron chi connectivity index (χ1n) is 13.4. The van der Waals surface area contributed by atoms with Gasteiger partial charge in [-0.05, 0) is 59.2 Å². The highest BCUT2D eigenvalue weighted by Crippen LogP contribution is 2.39. The number of halogens is 1. The normalized spacial score (nSPS) is 21.5. The molecule has 12 heteroatoms. The van der Waals surface area contributed by atoms with Crippen LogP contribution in [0.3, 0.4) is 0 Å². The maximum atomic E-state index is 12.2. The highest BCUT2D eigenvalue weighted by molar-refractivity contribution is 7.15. The summed E-state index contributed by atoms with van der Waals surface area (Å²) >= 11 is 8.18. The molecule has 1 aromatic heterocycles. The lowest BCUT2D eigenvalue weighted by atomic mass is 9.89. The fraction of sp³-hybridized carbons (Fsp3) is 0.355. The fourth-order valence-corrected chi connectivity index (χ4v) is 6.07. The molecule has 4 rings (SSSR count). The molecule has 1 fully saturated rings. The second kappa shape index (κ2) is 14.0. The highest BCUT2D eigenvalue weighted by Gasteiger charge is 2.52. The van der Waals surface area contributed by atoms with Crippen molar-refractivity contribution in [2.75, 3.05) is 6.61 Å². The van der Waals surface area contributed by atoms with E-state index in [1.165, 1.54) is 27.7 Å². The number of hydrogen-bond acceptors (Lipinski definition) is 11. The van der Waals surface area contributed by atoms with Gasteiger partial charge in [-0.25, -0.2) is 0 Å². The number of ether oxygens (including phenoxy) is 5. The maximum absolute atomic E-state index is 12.2. The molecule has 43 heavy (non-hydrogen) atoms. The molecule has 0 saturated carbocycles. The van der Waals surface area contributed by atoms with Gasteiger partial charge in [-0.2, -0.15) is 0 Å². The van der Waals surface area contributed by atoms with Crippen LogP contribution in [0.15, 0.2) is 54.6 Å². The molecule has 0 bridgehead atoms. The molecule has 1 aliphatic rings. The van der Waals surface area contributed by atoms with E-state index in [0.717, 1.165) is 20.9 Å². The van der Waals surface area contributed by atoms with Gasteiger partial charge in [0.2, 0.25) is 0 Å². The quantitative estimate of drug-likeness (QED) is 0.249. The molecule has 10 nitrogen and oxygen atoms in total. The standard InChI is InChI=1S/C31H31ClO10S/c1-16(33)38-15-26-29(39-17(2)34)31(41-19(4)36)30(40-18(3)35)28(42-26)21-7-11-25(32)22(13-21)14-24-10-12-27(43-24)20-5-8-23(37)9-6-20/h5-13,26,28-31,37H,14-15H2,1-4H3/t26-,28+,29-,30+,31+/m1/s1. The number of thiophene rings is 1. The first kappa shape index (κ1) is 32.0. The van der Waals surface area contributed by atoms with Crippen molar-refractivity contribution >= 4 is 46.8 Å². The zero-order valence-corrected chi connectivity index (χ0v) is 25.5. The van der Waals surface area contributed by atoms with Crippen molar-refractivity contribution in [3.8, 4) is 16.2 Å².